The van der Waals surface area contributed by atoms with Crippen LogP contribution in [0, 0.1) is 50.2 Å². The van der Waals surface area contributed by atoms with Crippen molar-refractivity contribution in [1.82, 2.24) is 0 Å². The molecule has 0 aromatic rings. The van der Waals surface area contributed by atoms with E-state index in [-0.39, 0.29) is 35.2 Å². The van der Waals surface area contributed by atoms with Crippen molar-refractivity contribution in [3.05, 3.63) is 12.2 Å². The van der Waals surface area contributed by atoms with Crippen molar-refractivity contribution in [2.75, 3.05) is 26.4 Å². The van der Waals surface area contributed by atoms with Gasteiger partial charge < -0.3 is 114 Å². The number of aliphatic hydroxyl groups is 14. The lowest BCUT2D eigenvalue weighted by atomic mass is 9.32. The summed E-state index contributed by atoms with van der Waals surface area (Å²) in [5.41, 5.74) is -3.90. The van der Waals surface area contributed by atoms with E-state index in [1.807, 2.05) is 6.92 Å². The number of fused-ring (bicyclic) bond motifs is 4. The Bertz CT molecular complexity index is 2140. The minimum Gasteiger partial charge on any atom is -0.396 e. The van der Waals surface area contributed by atoms with Crippen LogP contribution < -0.4 is 0 Å². The average molecular weight is 1110 g/mol. The fourth-order valence-electron chi connectivity index (χ4n) is 17.2. The molecule has 23 nitrogen and oxygen atoms in total. The summed E-state index contributed by atoms with van der Waals surface area (Å²) in [6, 6.07) is 0. The molecular weight excluding hydrogens is 1020 g/mol. The lowest BCUT2D eigenvalue weighted by molar-refractivity contribution is -0.403. The summed E-state index contributed by atoms with van der Waals surface area (Å²) in [5.74, 6) is -0.210. The molecule has 14 N–H and O–H groups in total. The second-order valence-corrected chi connectivity index (χ2v) is 26.6. The molecule has 0 amide bonds. The third kappa shape index (κ3) is 8.68. The molecule has 10 rings (SSSR count). The number of hydrogen-bond acceptors (Lipinski definition) is 23. The Hall–Kier alpha value is -1.18. The van der Waals surface area contributed by atoms with Gasteiger partial charge in [0.2, 0.25) is 0 Å². The summed E-state index contributed by atoms with van der Waals surface area (Å²) in [5, 5.41) is 155. The van der Waals surface area contributed by atoms with E-state index in [0.717, 1.165) is 6.42 Å². The smallest absolute Gasteiger partial charge is 0.187 e. The van der Waals surface area contributed by atoms with Crippen molar-refractivity contribution in [1.29, 1.82) is 0 Å². The zero-order valence-electron chi connectivity index (χ0n) is 45.4. The van der Waals surface area contributed by atoms with Crippen molar-refractivity contribution >= 4 is 0 Å². The molecule has 1 spiro atoms. The maximum absolute atomic E-state index is 12.3. The largest absolute Gasteiger partial charge is 0.396 e. The molecule has 2 bridgehead atoms. The highest BCUT2D eigenvalue weighted by Crippen LogP contribution is 2.79. The van der Waals surface area contributed by atoms with Gasteiger partial charge in [-0.2, -0.15) is 0 Å². The normalized spacial score (nSPS) is 59.1. The lowest BCUT2D eigenvalue weighted by Gasteiger charge is -2.73. The highest BCUT2D eigenvalue weighted by molar-refractivity contribution is 5.36. The van der Waals surface area contributed by atoms with Crippen LogP contribution in [0.25, 0.3) is 0 Å². The van der Waals surface area contributed by atoms with Crippen LogP contribution in [0.5, 0.6) is 0 Å². The van der Waals surface area contributed by atoms with Crippen molar-refractivity contribution in [3.8, 4) is 0 Å². The zero-order valence-corrected chi connectivity index (χ0v) is 45.4. The molecule has 4 saturated carbocycles. The van der Waals surface area contributed by atoms with Gasteiger partial charge in [-0.15, -0.1) is 0 Å². The zero-order chi connectivity index (χ0) is 56.1. The number of ether oxygens (including phenoxy) is 9. The second-order valence-electron chi connectivity index (χ2n) is 26.6. The summed E-state index contributed by atoms with van der Waals surface area (Å²) in [6.07, 6.45) is -26.6. The molecule has 0 radical (unpaired) electrons. The van der Waals surface area contributed by atoms with E-state index in [9.17, 15) is 71.5 Å². The molecule has 32 atom stereocenters. The highest BCUT2D eigenvalue weighted by atomic mass is 16.8. The van der Waals surface area contributed by atoms with E-state index < -0.39 is 182 Å². The molecule has 5 heterocycles. The van der Waals surface area contributed by atoms with Crippen molar-refractivity contribution in [3.63, 3.8) is 0 Å². The van der Waals surface area contributed by atoms with Gasteiger partial charge in [-0.1, -0.05) is 53.7 Å². The Kier molecular flexibility index (Phi) is 15.8. The predicted octanol–water partition coefficient (Wildman–Crippen LogP) is -2.58. The Morgan fingerprint density at radius 3 is 1.74 bits per heavy atom. The van der Waals surface area contributed by atoms with Gasteiger partial charge in [-0.3, -0.25) is 0 Å². The summed E-state index contributed by atoms with van der Waals surface area (Å²) >= 11 is 0. The van der Waals surface area contributed by atoms with Crippen LogP contribution in [0.15, 0.2) is 12.2 Å². The molecule has 10 aliphatic rings. The van der Waals surface area contributed by atoms with Gasteiger partial charge in [0, 0.05) is 22.2 Å². The van der Waals surface area contributed by atoms with Gasteiger partial charge in [-0.05, 0) is 86.9 Å². The summed E-state index contributed by atoms with van der Waals surface area (Å²) in [7, 11) is 0. The molecular formula is C54H88O23. The van der Waals surface area contributed by atoms with Gasteiger partial charge in [-0.25, -0.2) is 0 Å². The Labute approximate surface area is 448 Å². The average Bonchev–Trinajstić information content (AvgIpc) is 3.73. The van der Waals surface area contributed by atoms with Crippen LogP contribution in [-0.4, -0.2) is 245 Å². The quantitative estimate of drug-likeness (QED) is 0.0747. The van der Waals surface area contributed by atoms with Crippen molar-refractivity contribution < 1.29 is 114 Å². The van der Waals surface area contributed by atoms with Gasteiger partial charge in [0.05, 0.1) is 62.5 Å². The Balaban J connectivity index is 0.937. The standard InChI is InChI=1S/C54H88O23/c1-22-32(60)35(63)38(66)44(70-22)75-41-25(19-56)73-46(40(68)37(41)65)76-42-33(61)23(2)71-47(43(42)77-45-39(67)36(64)34(62)24(18-55)72-45)74-31-11-12-49(5)26(50(31,6)20-57)9-13-51(7)27(49)10-14-54-28-15-48(3,4)29(58)17-53(28,21-69-54)30(59)16-52(51,54)8/h10,14,22-47,55-68H,9,11-13,15-21H2,1-8H3/t22-,23+,24+,25+,26?,27+,28+,29-,30-,31-,32-,33-,34+,35+,36-,37+,38+,39+,40+,41+,42-,43+,44-,45-,46-,47-,49-,50-,51+,52-,53+,54-/m0/s1. The monoisotopic (exact) mass is 1100 g/mol. The third-order valence-corrected chi connectivity index (χ3v) is 22.3. The molecule has 1 unspecified atom stereocenters. The SMILES string of the molecule is C[C@@H]1O[C@@H](O[C@H]2[C@H](O)[C@@H](O)[C@H](O[C@H]3[C@@H](O)[C@@H](C)O[C@@H](O[C@H]4CC[C@@]5(C)C(CC[C@]6(C)[C@@H]5C=C[C@]57OC[C@@]8(C[C@H](O)C(C)(C)C[C@H]85)[C@@H](O)C[C@]76C)[C@]4(C)CO)[C@@H]3O[C@@H]3O[C@H](CO)[C@@H](O)[C@H](O)[C@H]3O)O[C@@H]2CO)[C@H](O)[C@H](O)[C@H]1O. The number of allylic oxidation sites excluding steroid dienone is 1. The van der Waals surface area contributed by atoms with Crippen LogP contribution in [0.2, 0.25) is 0 Å². The molecule has 5 aliphatic carbocycles. The maximum atomic E-state index is 12.3. The molecule has 442 valence electrons. The summed E-state index contributed by atoms with van der Waals surface area (Å²) in [4.78, 5) is 0. The minimum atomic E-state index is -2.02. The molecule has 9 fully saturated rings. The first-order chi connectivity index (χ1) is 36.0. The third-order valence-electron chi connectivity index (χ3n) is 22.3. The number of rotatable bonds is 11. The molecule has 5 saturated heterocycles. The molecule has 0 aromatic heterocycles. The molecule has 77 heavy (non-hydrogen) atoms. The first-order valence-electron chi connectivity index (χ1n) is 27.9. The van der Waals surface area contributed by atoms with Gasteiger partial charge in [0.15, 0.2) is 25.2 Å². The van der Waals surface area contributed by atoms with Gasteiger partial charge in [0.1, 0.15) is 85.5 Å². The first-order valence-corrected chi connectivity index (χ1v) is 27.9. The molecule has 23 heteroatoms. The van der Waals surface area contributed by atoms with E-state index in [4.69, 9.17) is 42.6 Å². The lowest BCUT2D eigenvalue weighted by Crippen LogP contribution is -2.73. The number of aliphatic hydroxyl groups excluding tert-OH is 14. The second kappa shape index (κ2) is 20.6. The van der Waals surface area contributed by atoms with Crippen molar-refractivity contribution in [2.24, 2.45) is 50.2 Å². The minimum absolute atomic E-state index is 0.0104. The fourth-order valence-corrected chi connectivity index (χ4v) is 17.2. The number of hydrogen-bond donors (Lipinski definition) is 14. The van der Waals surface area contributed by atoms with Crippen LogP contribution in [0.1, 0.15) is 100 Å². The topological polar surface area (TPSA) is 366 Å². The van der Waals surface area contributed by atoms with E-state index >= 15 is 0 Å². The van der Waals surface area contributed by atoms with Crippen molar-refractivity contribution in [2.45, 2.75) is 247 Å². The van der Waals surface area contributed by atoms with Gasteiger partial charge >= 0.3 is 0 Å². The van der Waals surface area contributed by atoms with E-state index in [2.05, 4.69) is 46.8 Å². The van der Waals surface area contributed by atoms with Crippen LogP contribution in [0.4, 0.5) is 0 Å². The Morgan fingerprint density at radius 1 is 0.519 bits per heavy atom. The van der Waals surface area contributed by atoms with E-state index in [1.54, 1.807) is 0 Å². The van der Waals surface area contributed by atoms with E-state index in [1.165, 1.54) is 13.8 Å². The first kappa shape index (κ1) is 59.0. The van der Waals surface area contributed by atoms with Gasteiger partial charge in [0.25, 0.3) is 0 Å². The van der Waals surface area contributed by atoms with Crippen LogP contribution in [0.3, 0.4) is 0 Å². The molecule has 0 aromatic carbocycles. The molecule has 5 aliphatic heterocycles. The fraction of sp³-hybridized carbons (Fsp3) is 0.963. The summed E-state index contributed by atoms with van der Waals surface area (Å²) < 4.78 is 56.3. The maximum Gasteiger partial charge on any atom is 0.187 e. The van der Waals surface area contributed by atoms with E-state index in [0.29, 0.717) is 45.1 Å². The predicted molar refractivity (Wildman–Crippen MR) is 262 cm³/mol. The van der Waals surface area contributed by atoms with Crippen LogP contribution in [-0.2, 0) is 42.6 Å². The van der Waals surface area contributed by atoms with Crippen LogP contribution >= 0.6 is 0 Å². The Morgan fingerprint density at radius 2 is 1.09 bits per heavy atom. The highest BCUT2D eigenvalue weighted by Gasteiger charge is 2.80. The summed E-state index contributed by atoms with van der Waals surface area (Å²) in [6.45, 7) is 14.4.